The van der Waals surface area contributed by atoms with Gasteiger partial charge >= 0.3 is 0 Å². The van der Waals surface area contributed by atoms with E-state index in [-0.39, 0.29) is 6.54 Å². The Morgan fingerprint density at radius 1 is 1.35 bits per heavy atom. The fourth-order valence-electron chi connectivity index (χ4n) is 1.21. The number of rotatable bonds is 4. The summed E-state index contributed by atoms with van der Waals surface area (Å²) >= 11 is 0. The number of hydroxylamine groups is 2. The van der Waals surface area contributed by atoms with Crippen LogP contribution in [0.2, 0.25) is 0 Å². The summed E-state index contributed by atoms with van der Waals surface area (Å²) in [6.45, 7) is 3.26. The minimum Gasteiger partial charge on any atom is -0.320 e. The SMILES string of the molecule is CP(C)(=O)/C=C/CN(O)C(=O)c1ccccc1. The molecule has 0 spiro atoms. The van der Waals surface area contributed by atoms with Crippen LogP contribution in [-0.4, -0.2) is 36.1 Å². The lowest BCUT2D eigenvalue weighted by Crippen LogP contribution is -2.27. The van der Waals surface area contributed by atoms with Crippen molar-refractivity contribution >= 4 is 13.0 Å². The maximum atomic E-state index is 11.7. The second-order valence-corrected chi connectivity index (χ2v) is 7.24. The predicted octanol–water partition coefficient (Wildman–Crippen LogP) is 2.65. The molecule has 0 heterocycles. The van der Waals surface area contributed by atoms with E-state index in [2.05, 4.69) is 0 Å². The van der Waals surface area contributed by atoms with Crippen molar-refractivity contribution in [2.75, 3.05) is 19.9 Å². The molecule has 1 N–H and O–H groups in total. The van der Waals surface area contributed by atoms with Crippen molar-refractivity contribution < 1.29 is 14.6 Å². The lowest BCUT2D eigenvalue weighted by molar-refractivity contribution is -0.0494. The van der Waals surface area contributed by atoms with E-state index in [1.165, 1.54) is 11.9 Å². The molecule has 0 atom stereocenters. The van der Waals surface area contributed by atoms with Crippen LogP contribution in [0, 0.1) is 0 Å². The molecule has 4 nitrogen and oxygen atoms in total. The van der Waals surface area contributed by atoms with Gasteiger partial charge in [0.2, 0.25) is 0 Å². The Morgan fingerprint density at radius 2 is 1.94 bits per heavy atom. The molecule has 17 heavy (non-hydrogen) atoms. The van der Waals surface area contributed by atoms with Crippen LogP contribution >= 0.6 is 7.14 Å². The van der Waals surface area contributed by atoms with Gasteiger partial charge in [-0.1, -0.05) is 24.3 Å². The largest absolute Gasteiger partial charge is 0.320 e. The van der Waals surface area contributed by atoms with Crippen LogP contribution in [0.4, 0.5) is 0 Å². The van der Waals surface area contributed by atoms with Crippen molar-refractivity contribution in [3.05, 3.63) is 47.8 Å². The number of carbonyl (C=O) groups excluding carboxylic acids is 1. The number of nitrogens with zero attached hydrogens (tertiary/aromatic N) is 1. The van der Waals surface area contributed by atoms with Gasteiger partial charge in [0, 0.05) is 5.56 Å². The molecular formula is C12H16NO3P. The van der Waals surface area contributed by atoms with E-state index >= 15 is 0 Å². The number of amides is 1. The van der Waals surface area contributed by atoms with E-state index in [4.69, 9.17) is 0 Å². The predicted molar refractivity (Wildman–Crippen MR) is 67.9 cm³/mol. The molecule has 0 radical (unpaired) electrons. The first-order valence-electron chi connectivity index (χ1n) is 5.18. The molecule has 0 bridgehead atoms. The van der Waals surface area contributed by atoms with E-state index in [0.29, 0.717) is 10.6 Å². The van der Waals surface area contributed by atoms with E-state index < -0.39 is 13.0 Å². The molecule has 0 aromatic heterocycles. The van der Waals surface area contributed by atoms with Crippen molar-refractivity contribution in [2.24, 2.45) is 0 Å². The zero-order chi connectivity index (χ0) is 12.9. The Labute approximate surface area is 101 Å². The highest BCUT2D eigenvalue weighted by atomic mass is 31.2. The van der Waals surface area contributed by atoms with Gasteiger partial charge in [-0.05, 0) is 31.3 Å². The van der Waals surface area contributed by atoms with Crippen LogP contribution in [0.15, 0.2) is 42.2 Å². The second-order valence-electron chi connectivity index (χ2n) is 4.07. The number of carbonyl (C=O) groups is 1. The number of benzene rings is 1. The molecule has 5 heteroatoms. The lowest BCUT2D eigenvalue weighted by atomic mass is 10.2. The van der Waals surface area contributed by atoms with E-state index in [0.717, 1.165) is 0 Å². The molecule has 92 valence electrons. The number of hydrogen-bond donors (Lipinski definition) is 1. The van der Waals surface area contributed by atoms with Crippen molar-refractivity contribution in [2.45, 2.75) is 0 Å². The van der Waals surface area contributed by atoms with Crippen molar-refractivity contribution in [3.8, 4) is 0 Å². The van der Waals surface area contributed by atoms with Gasteiger partial charge in [-0.2, -0.15) is 0 Å². The monoisotopic (exact) mass is 253 g/mol. The molecule has 1 rings (SSSR count). The summed E-state index contributed by atoms with van der Waals surface area (Å²) in [5.74, 6) is 1.05. The average Bonchev–Trinajstić information content (AvgIpc) is 2.27. The summed E-state index contributed by atoms with van der Waals surface area (Å²) in [6.07, 6.45) is 1.53. The van der Waals surface area contributed by atoms with Gasteiger partial charge in [-0.3, -0.25) is 10.0 Å². The minimum absolute atomic E-state index is 0.0272. The van der Waals surface area contributed by atoms with Gasteiger partial charge < -0.3 is 4.57 Å². The van der Waals surface area contributed by atoms with E-state index in [9.17, 15) is 14.6 Å². The highest BCUT2D eigenvalue weighted by Crippen LogP contribution is 2.37. The van der Waals surface area contributed by atoms with Crippen LogP contribution in [0.3, 0.4) is 0 Å². The Hall–Kier alpha value is -1.38. The van der Waals surface area contributed by atoms with Crippen molar-refractivity contribution in [1.29, 1.82) is 0 Å². The molecule has 1 aromatic rings. The molecule has 0 aliphatic carbocycles. The summed E-state index contributed by atoms with van der Waals surface area (Å²) in [4.78, 5) is 11.7. The first kappa shape index (κ1) is 13.7. The molecule has 0 aliphatic heterocycles. The Morgan fingerprint density at radius 3 is 2.47 bits per heavy atom. The first-order valence-corrected chi connectivity index (χ1v) is 7.85. The van der Waals surface area contributed by atoms with Crippen molar-refractivity contribution in [3.63, 3.8) is 0 Å². The minimum atomic E-state index is -2.25. The van der Waals surface area contributed by atoms with E-state index in [1.807, 2.05) is 0 Å². The fraction of sp³-hybridized carbons (Fsp3) is 0.250. The third-order valence-corrected chi connectivity index (χ3v) is 2.93. The zero-order valence-electron chi connectivity index (χ0n) is 9.91. The van der Waals surface area contributed by atoms with Gasteiger partial charge in [0.05, 0.1) is 6.54 Å². The molecule has 1 aromatic carbocycles. The summed E-state index contributed by atoms with van der Waals surface area (Å²) in [7, 11) is -2.25. The second kappa shape index (κ2) is 5.80. The third-order valence-electron chi connectivity index (χ3n) is 2.00. The summed E-state index contributed by atoms with van der Waals surface area (Å²) < 4.78 is 11.4. The van der Waals surface area contributed by atoms with Crippen LogP contribution in [0.5, 0.6) is 0 Å². The van der Waals surface area contributed by atoms with Gasteiger partial charge in [-0.25, -0.2) is 5.06 Å². The molecule has 1 amide bonds. The Kier molecular flexibility index (Phi) is 4.67. The standard InChI is InChI=1S/C12H16NO3P/c1-17(2,16)10-6-9-13(15)12(14)11-7-4-3-5-8-11/h3-8,10,15H,9H2,1-2H3/b10-6+. The smallest absolute Gasteiger partial charge is 0.277 e. The van der Waals surface area contributed by atoms with Crippen LogP contribution in [0.25, 0.3) is 0 Å². The third kappa shape index (κ3) is 4.98. The Balaban J connectivity index is 2.60. The van der Waals surface area contributed by atoms with Gasteiger partial charge in [0.25, 0.3) is 5.91 Å². The molecule has 0 unspecified atom stereocenters. The lowest BCUT2D eigenvalue weighted by Gasteiger charge is -2.12. The van der Waals surface area contributed by atoms with Gasteiger partial charge in [0.1, 0.15) is 7.14 Å². The Bertz CT molecular complexity index is 450. The van der Waals surface area contributed by atoms with E-state index in [1.54, 1.807) is 43.7 Å². The topological polar surface area (TPSA) is 57.6 Å². The highest BCUT2D eigenvalue weighted by molar-refractivity contribution is 7.65. The summed E-state index contributed by atoms with van der Waals surface area (Å²) in [6, 6.07) is 8.49. The van der Waals surface area contributed by atoms with Crippen LogP contribution in [0.1, 0.15) is 10.4 Å². The molecule has 0 aliphatic rings. The first-order chi connectivity index (χ1) is 7.90. The van der Waals surface area contributed by atoms with Gasteiger partial charge in [-0.15, -0.1) is 0 Å². The summed E-state index contributed by atoms with van der Waals surface area (Å²) in [5.41, 5.74) is 0.416. The van der Waals surface area contributed by atoms with Crippen molar-refractivity contribution in [1.82, 2.24) is 5.06 Å². The molecular weight excluding hydrogens is 237 g/mol. The molecule has 0 saturated carbocycles. The maximum Gasteiger partial charge on any atom is 0.277 e. The number of hydrogen-bond acceptors (Lipinski definition) is 3. The molecule has 0 saturated heterocycles. The highest BCUT2D eigenvalue weighted by Gasteiger charge is 2.11. The maximum absolute atomic E-state index is 11.7. The molecule has 0 fully saturated rings. The van der Waals surface area contributed by atoms with Gasteiger partial charge in [0.15, 0.2) is 0 Å². The normalized spacial score (nSPS) is 11.7. The van der Waals surface area contributed by atoms with Crippen LogP contribution in [-0.2, 0) is 4.57 Å². The average molecular weight is 253 g/mol. The van der Waals surface area contributed by atoms with Crippen LogP contribution < -0.4 is 0 Å². The quantitative estimate of drug-likeness (QED) is 0.510. The zero-order valence-corrected chi connectivity index (χ0v) is 10.8. The fourth-order valence-corrected chi connectivity index (χ4v) is 1.82. The summed E-state index contributed by atoms with van der Waals surface area (Å²) in [5, 5.41) is 10.1.